The van der Waals surface area contributed by atoms with Crippen molar-refractivity contribution in [2.75, 3.05) is 13.7 Å². The van der Waals surface area contributed by atoms with Crippen LogP contribution < -0.4 is 0 Å². The van der Waals surface area contributed by atoms with Crippen LogP contribution in [0.2, 0.25) is 0 Å². The molecule has 1 heterocycles. The Morgan fingerprint density at radius 2 is 2.13 bits per heavy atom. The van der Waals surface area contributed by atoms with E-state index in [1.807, 2.05) is 6.08 Å². The third kappa shape index (κ3) is 3.55. The molecule has 23 heavy (non-hydrogen) atoms. The molecule has 0 saturated heterocycles. The van der Waals surface area contributed by atoms with E-state index in [9.17, 15) is 15.0 Å². The van der Waals surface area contributed by atoms with E-state index >= 15 is 0 Å². The Bertz CT molecular complexity index is 661. The highest BCUT2D eigenvalue weighted by atomic mass is 16.7. The van der Waals surface area contributed by atoms with Crippen LogP contribution in [0.3, 0.4) is 0 Å². The summed E-state index contributed by atoms with van der Waals surface area (Å²) in [5.74, 6) is -2.31. The third-order valence-electron chi connectivity index (χ3n) is 3.69. The van der Waals surface area contributed by atoms with Crippen molar-refractivity contribution in [2.45, 2.75) is 25.6 Å². The second kappa shape index (κ2) is 6.85. The number of phenolic OH excluding ortho intramolecular Hbond substituents is 2. The van der Waals surface area contributed by atoms with Crippen molar-refractivity contribution in [3.8, 4) is 11.5 Å². The fraction of sp³-hybridized carbons (Fsp3) is 0.353. The summed E-state index contributed by atoms with van der Waals surface area (Å²) in [4.78, 5) is 12.1. The topological polar surface area (TPSA) is 96.2 Å². The molecule has 0 amide bonds. The maximum absolute atomic E-state index is 12.1. The van der Waals surface area contributed by atoms with Crippen molar-refractivity contribution < 1.29 is 29.6 Å². The molecule has 124 valence electrons. The highest BCUT2D eigenvalue weighted by molar-refractivity contribution is 5.91. The van der Waals surface area contributed by atoms with Crippen molar-refractivity contribution in [1.82, 2.24) is 0 Å². The number of hydrogen-bond acceptors (Lipinski definition) is 6. The first-order valence-corrected chi connectivity index (χ1v) is 7.21. The molecule has 6 heteroatoms. The molecule has 3 N–H and O–H groups in total. The van der Waals surface area contributed by atoms with Gasteiger partial charge in [-0.15, -0.1) is 0 Å². The van der Waals surface area contributed by atoms with E-state index in [4.69, 9.17) is 14.6 Å². The minimum atomic E-state index is -1.55. The van der Waals surface area contributed by atoms with Gasteiger partial charge in [0, 0.05) is 18.8 Å². The number of aliphatic hydroxyl groups is 1. The van der Waals surface area contributed by atoms with Crippen molar-refractivity contribution in [3.63, 3.8) is 0 Å². The van der Waals surface area contributed by atoms with Crippen LogP contribution in [0.1, 0.15) is 25.3 Å². The molecule has 1 atom stereocenters. The minimum Gasteiger partial charge on any atom is -0.508 e. The van der Waals surface area contributed by atoms with Crippen molar-refractivity contribution in [1.29, 1.82) is 0 Å². The number of esters is 1. The maximum atomic E-state index is 12.1. The van der Waals surface area contributed by atoms with E-state index in [1.54, 1.807) is 6.92 Å². The summed E-state index contributed by atoms with van der Waals surface area (Å²) in [6, 6.07) is 3.92. The summed E-state index contributed by atoms with van der Waals surface area (Å²) in [6.45, 7) is 1.77. The predicted octanol–water partition coefficient (Wildman–Crippen LogP) is 2.10. The first-order valence-electron chi connectivity index (χ1n) is 7.21. The Morgan fingerprint density at radius 1 is 1.39 bits per heavy atom. The van der Waals surface area contributed by atoms with Crippen LogP contribution in [-0.4, -0.2) is 35.0 Å². The third-order valence-corrected chi connectivity index (χ3v) is 3.69. The molecule has 1 aliphatic rings. The number of aromatic hydroxyl groups is 2. The van der Waals surface area contributed by atoms with Gasteiger partial charge in [0.15, 0.2) is 0 Å². The number of carbonyl (C=O) groups excluding carboxylic acids is 1. The zero-order valence-corrected chi connectivity index (χ0v) is 13.1. The summed E-state index contributed by atoms with van der Waals surface area (Å²) < 4.78 is 10.6. The lowest BCUT2D eigenvalue weighted by Crippen LogP contribution is -2.27. The molecule has 0 aliphatic carbocycles. The van der Waals surface area contributed by atoms with Gasteiger partial charge < -0.3 is 24.8 Å². The molecule has 0 radical (unpaired) electrons. The Morgan fingerprint density at radius 3 is 2.78 bits per heavy atom. The zero-order valence-electron chi connectivity index (χ0n) is 13.1. The van der Waals surface area contributed by atoms with Gasteiger partial charge in [0.1, 0.15) is 11.5 Å². The Hall–Kier alpha value is -2.31. The molecule has 0 aromatic heterocycles. The van der Waals surface area contributed by atoms with Gasteiger partial charge in [-0.2, -0.15) is 0 Å². The van der Waals surface area contributed by atoms with Gasteiger partial charge >= 0.3 is 5.97 Å². The van der Waals surface area contributed by atoms with E-state index in [1.165, 1.54) is 31.4 Å². The lowest BCUT2D eigenvalue weighted by molar-refractivity contribution is -0.193. The average molecular weight is 320 g/mol. The van der Waals surface area contributed by atoms with E-state index in [-0.39, 0.29) is 23.7 Å². The number of methoxy groups -OCH3 is 1. The molecule has 0 saturated carbocycles. The number of rotatable bonds is 6. The van der Waals surface area contributed by atoms with Gasteiger partial charge in [0.2, 0.25) is 0 Å². The predicted molar refractivity (Wildman–Crippen MR) is 82.7 cm³/mol. The van der Waals surface area contributed by atoms with Crippen LogP contribution in [0, 0.1) is 0 Å². The van der Waals surface area contributed by atoms with Gasteiger partial charge in [-0.3, -0.25) is 0 Å². The Balaban J connectivity index is 2.30. The van der Waals surface area contributed by atoms with Crippen LogP contribution in [0.5, 0.6) is 11.5 Å². The first-order chi connectivity index (χ1) is 10.9. The van der Waals surface area contributed by atoms with E-state index in [0.29, 0.717) is 18.4 Å². The number of allylic oxidation sites excluding steroid dienone is 1. The largest absolute Gasteiger partial charge is 0.508 e. The maximum Gasteiger partial charge on any atom is 0.336 e. The van der Waals surface area contributed by atoms with Crippen molar-refractivity contribution in [2.24, 2.45) is 0 Å². The number of carbonyl (C=O) groups is 1. The summed E-state index contributed by atoms with van der Waals surface area (Å²) in [5.41, 5.74) is 1.39. The highest BCUT2D eigenvalue weighted by Crippen LogP contribution is 2.42. The minimum absolute atomic E-state index is 0.0251. The molecule has 6 nitrogen and oxygen atoms in total. The number of benzene rings is 1. The Labute approximate surface area is 134 Å². The number of hydrogen-bond donors (Lipinski definition) is 3. The molecule has 1 aromatic carbocycles. The average Bonchev–Trinajstić information content (AvgIpc) is 2.87. The molecule has 1 aromatic rings. The van der Waals surface area contributed by atoms with Crippen molar-refractivity contribution >= 4 is 5.97 Å². The monoisotopic (exact) mass is 320 g/mol. The van der Waals surface area contributed by atoms with Crippen LogP contribution >= 0.6 is 0 Å². The number of aliphatic hydroxyl groups excluding tert-OH is 1. The quantitative estimate of drug-likeness (QED) is 0.422. The van der Waals surface area contributed by atoms with E-state index in [2.05, 4.69) is 0 Å². The molecular weight excluding hydrogens is 300 g/mol. The van der Waals surface area contributed by atoms with Crippen LogP contribution in [-0.2, 0) is 20.1 Å². The molecule has 1 aliphatic heterocycles. The zero-order chi connectivity index (χ0) is 17.0. The van der Waals surface area contributed by atoms with Gasteiger partial charge in [0.25, 0.3) is 5.79 Å². The normalized spacial score (nSPS) is 21.3. The Kier molecular flexibility index (Phi) is 5.08. The van der Waals surface area contributed by atoms with Crippen LogP contribution in [0.15, 0.2) is 41.5 Å². The summed E-state index contributed by atoms with van der Waals surface area (Å²) in [5, 5.41) is 28.6. The summed E-state index contributed by atoms with van der Waals surface area (Å²) >= 11 is 0. The number of cyclic esters (lactones) is 1. The van der Waals surface area contributed by atoms with Gasteiger partial charge in [-0.1, -0.05) is 11.6 Å². The smallest absolute Gasteiger partial charge is 0.336 e. The van der Waals surface area contributed by atoms with Gasteiger partial charge in [0.05, 0.1) is 12.2 Å². The van der Waals surface area contributed by atoms with Crippen LogP contribution in [0.4, 0.5) is 0 Å². The SMILES string of the molecule is CO[C@]1(c2cc(O)ccc2O)C=C(CC/C=C(/C)CO)C(=O)O1. The fourth-order valence-electron chi connectivity index (χ4n) is 2.38. The lowest BCUT2D eigenvalue weighted by atomic mass is 10.0. The molecular formula is C17H20O6. The first kappa shape index (κ1) is 17.1. The second-order valence-electron chi connectivity index (χ2n) is 5.38. The second-order valence-corrected chi connectivity index (χ2v) is 5.38. The number of phenols is 2. The highest BCUT2D eigenvalue weighted by Gasteiger charge is 2.43. The van der Waals surface area contributed by atoms with Crippen LogP contribution in [0.25, 0.3) is 0 Å². The van der Waals surface area contributed by atoms with Gasteiger partial charge in [-0.05, 0) is 38.0 Å². The molecule has 0 spiro atoms. The molecule has 2 rings (SSSR count). The molecule has 0 unspecified atom stereocenters. The van der Waals surface area contributed by atoms with Crippen molar-refractivity contribution in [3.05, 3.63) is 47.1 Å². The summed E-state index contributed by atoms with van der Waals surface area (Å²) in [6.07, 6.45) is 4.33. The lowest BCUT2D eigenvalue weighted by Gasteiger charge is -2.25. The van der Waals surface area contributed by atoms with Gasteiger partial charge in [-0.25, -0.2) is 4.79 Å². The molecule has 0 bridgehead atoms. The fourth-order valence-corrected chi connectivity index (χ4v) is 2.38. The standard InChI is InChI=1S/C17H20O6/c1-11(10-18)4-3-5-12-9-17(22-2,23-16(12)21)14-8-13(19)6-7-15(14)20/h4,6-9,18-20H,3,5,10H2,1-2H3/b11-4-/t17-/m1/s1. The van der Waals surface area contributed by atoms with E-state index in [0.717, 1.165) is 5.57 Å². The van der Waals surface area contributed by atoms with E-state index < -0.39 is 11.8 Å². The number of ether oxygens (including phenoxy) is 2. The summed E-state index contributed by atoms with van der Waals surface area (Å²) in [7, 11) is 1.35. The molecule has 0 fully saturated rings.